The predicted octanol–water partition coefficient (Wildman–Crippen LogP) is 0.827. The smallest absolute Gasteiger partial charge is 0.150 e. The second kappa shape index (κ2) is 7.25. The van der Waals surface area contributed by atoms with Crippen LogP contribution in [0, 0.1) is 5.92 Å². The number of nitrogens with one attached hydrogen (secondary N) is 1. The zero-order valence-corrected chi connectivity index (χ0v) is 10.9. The minimum Gasteiger partial charge on any atom is -0.381 e. The van der Waals surface area contributed by atoms with Gasteiger partial charge in [0.25, 0.3) is 0 Å². The SMILES string of the molecule is CCS(=O)(=O)CCCNCC1CCOCC1. The lowest BCUT2D eigenvalue weighted by Crippen LogP contribution is -2.29. The van der Waals surface area contributed by atoms with Gasteiger partial charge in [0.2, 0.25) is 0 Å². The van der Waals surface area contributed by atoms with Gasteiger partial charge in [-0.15, -0.1) is 0 Å². The maximum absolute atomic E-state index is 11.2. The van der Waals surface area contributed by atoms with Crippen LogP contribution in [-0.2, 0) is 14.6 Å². The molecule has 1 N–H and O–H groups in total. The zero-order chi connectivity index (χ0) is 11.9. The van der Waals surface area contributed by atoms with Crippen molar-refractivity contribution in [2.24, 2.45) is 5.92 Å². The van der Waals surface area contributed by atoms with Crippen molar-refractivity contribution in [3.05, 3.63) is 0 Å². The van der Waals surface area contributed by atoms with Crippen molar-refractivity contribution < 1.29 is 13.2 Å². The van der Waals surface area contributed by atoms with Gasteiger partial charge in [-0.3, -0.25) is 0 Å². The Balaban J connectivity index is 1.99. The van der Waals surface area contributed by atoms with Gasteiger partial charge in [-0.25, -0.2) is 8.42 Å². The normalized spacial score (nSPS) is 18.8. The van der Waals surface area contributed by atoms with Crippen LogP contribution in [0.25, 0.3) is 0 Å². The van der Waals surface area contributed by atoms with Crippen LogP contribution < -0.4 is 5.32 Å². The predicted molar refractivity (Wildman–Crippen MR) is 65.4 cm³/mol. The summed E-state index contributed by atoms with van der Waals surface area (Å²) in [4.78, 5) is 0. The summed E-state index contributed by atoms with van der Waals surface area (Å²) >= 11 is 0. The molecular weight excluding hydrogens is 226 g/mol. The zero-order valence-electron chi connectivity index (χ0n) is 10.1. The quantitative estimate of drug-likeness (QED) is 0.679. The Labute approximate surface area is 98.7 Å². The number of hydrogen-bond acceptors (Lipinski definition) is 4. The maximum atomic E-state index is 11.2. The van der Waals surface area contributed by atoms with E-state index in [2.05, 4.69) is 5.32 Å². The van der Waals surface area contributed by atoms with Crippen LogP contribution in [0.4, 0.5) is 0 Å². The molecule has 1 rings (SSSR count). The lowest BCUT2D eigenvalue weighted by molar-refractivity contribution is 0.0664. The van der Waals surface area contributed by atoms with Crippen LogP contribution in [0.3, 0.4) is 0 Å². The Morgan fingerprint density at radius 1 is 1.31 bits per heavy atom. The van der Waals surface area contributed by atoms with Crippen molar-refractivity contribution >= 4 is 9.84 Å². The topological polar surface area (TPSA) is 55.4 Å². The molecule has 0 unspecified atom stereocenters. The van der Waals surface area contributed by atoms with Crippen molar-refractivity contribution in [1.29, 1.82) is 0 Å². The highest BCUT2D eigenvalue weighted by molar-refractivity contribution is 7.91. The van der Waals surface area contributed by atoms with E-state index in [0.717, 1.165) is 45.6 Å². The molecule has 0 bridgehead atoms. The summed E-state index contributed by atoms with van der Waals surface area (Å²) in [5.41, 5.74) is 0. The molecule has 0 spiro atoms. The molecule has 0 aromatic carbocycles. The molecule has 0 aromatic heterocycles. The largest absolute Gasteiger partial charge is 0.381 e. The highest BCUT2D eigenvalue weighted by atomic mass is 32.2. The Morgan fingerprint density at radius 3 is 2.62 bits per heavy atom. The third-order valence-electron chi connectivity index (χ3n) is 3.02. The number of ether oxygens (including phenoxy) is 1. The monoisotopic (exact) mass is 249 g/mol. The summed E-state index contributed by atoms with van der Waals surface area (Å²) in [6.45, 7) is 5.24. The van der Waals surface area contributed by atoms with Gasteiger partial charge in [0, 0.05) is 19.0 Å². The summed E-state index contributed by atoms with van der Waals surface area (Å²) in [6.07, 6.45) is 2.97. The van der Waals surface area contributed by atoms with E-state index in [4.69, 9.17) is 4.74 Å². The van der Waals surface area contributed by atoms with Gasteiger partial charge in [0.15, 0.2) is 0 Å². The first-order valence-corrected chi connectivity index (χ1v) is 7.95. The van der Waals surface area contributed by atoms with E-state index in [0.29, 0.717) is 11.7 Å². The molecular formula is C11H23NO3S. The first kappa shape index (κ1) is 13.9. The lowest BCUT2D eigenvalue weighted by Gasteiger charge is -2.22. The molecule has 16 heavy (non-hydrogen) atoms. The van der Waals surface area contributed by atoms with Crippen molar-refractivity contribution in [3.8, 4) is 0 Å². The standard InChI is InChI=1S/C11H23NO3S/c1-2-16(13,14)9-3-6-12-10-11-4-7-15-8-5-11/h11-12H,2-10H2,1H3. The third kappa shape index (κ3) is 5.82. The van der Waals surface area contributed by atoms with E-state index in [1.54, 1.807) is 6.92 Å². The molecule has 0 radical (unpaired) electrons. The summed E-state index contributed by atoms with van der Waals surface area (Å²) in [6, 6.07) is 0. The van der Waals surface area contributed by atoms with Gasteiger partial charge in [0.05, 0.1) is 5.75 Å². The van der Waals surface area contributed by atoms with Crippen molar-refractivity contribution in [2.75, 3.05) is 37.8 Å². The molecule has 96 valence electrons. The van der Waals surface area contributed by atoms with E-state index in [-0.39, 0.29) is 5.75 Å². The molecule has 1 fully saturated rings. The summed E-state index contributed by atoms with van der Waals surface area (Å²) in [5, 5.41) is 3.33. The Morgan fingerprint density at radius 2 is 2.00 bits per heavy atom. The van der Waals surface area contributed by atoms with E-state index in [1.165, 1.54) is 0 Å². The molecule has 1 aliphatic rings. The third-order valence-corrected chi connectivity index (χ3v) is 4.81. The molecule has 1 aliphatic heterocycles. The van der Waals surface area contributed by atoms with Crippen LogP contribution in [-0.4, -0.2) is 46.2 Å². The highest BCUT2D eigenvalue weighted by Crippen LogP contribution is 2.12. The molecule has 1 heterocycles. The number of rotatable bonds is 7. The van der Waals surface area contributed by atoms with E-state index >= 15 is 0 Å². The van der Waals surface area contributed by atoms with Crippen molar-refractivity contribution in [3.63, 3.8) is 0 Å². The van der Waals surface area contributed by atoms with Crippen LogP contribution >= 0.6 is 0 Å². The van der Waals surface area contributed by atoms with Crippen LogP contribution in [0.2, 0.25) is 0 Å². The Hall–Kier alpha value is -0.130. The van der Waals surface area contributed by atoms with Crippen LogP contribution in [0.5, 0.6) is 0 Å². The Kier molecular flexibility index (Phi) is 6.31. The summed E-state index contributed by atoms with van der Waals surface area (Å²) < 4.78 is 27.7. The van der Waals surface area contributed by atoms with Gasteiger partial charge in [-0.05, 0) is 38.3 Å². The fourth-order valence-electron chi connectivity index (χ4n) is 1.82. The summed E-state index contributed by atoms with van der Waals surface area (Å²) in [5.74, 6) is 1.27. The second-order valence-corrected chi connectivity index (χ2v) is 6.82. The van der Waals surface area contributed by atoms with Gasteiger partial charge >= 0.3 is 0 Å². The van der Waals surface area contributed by atoms with E-state index < -0.39 is 9.84 Å². The average molecular weight is 249 g/mol. The van der Waals surface area contributed by atoms with Gasteiger partial charge in [-0.1, -0.05) is 6.92 Å². The lowest BCUT2D eigenvalue weighted by atomic mass is 10.0. The fourth-order valence-corrected chi connectivity index (χ4v) is 2.69. The molecule has 5 heteroatoms. The molecule has 0 aromatic rings. The van der Waals surface area contributed by atoms with Crippen LogP contribution in [0.1, 0.15) is 26.2 Å². The molecule has 4 nitrogen and oxygen atoms in total. The van der Waals surface area contributed by atoms with Gasteiger partial charge in [0.1, 0.15) is 9.84 Å². The number of hydrogen-bond donors (Lipinski definition) is 1. The molecule has 0 aliphatic carbocycles. The van der Waals surface area contributed by atoms with E-state index in [1.807, 2.05) is 0 Å². The minimum absolute atomic E-state index is 0.257. The van der Waals surface area contributed by atoms with Crippen molar-refractivity contribution in [2.45, 2.75) is 26.2 Å². The van der Waals surface area contributed by atoms with Gasteiger partial charge in [-0.2, -0.15) is 0 Å². The molecule has 1 saturated heterocycles. The second-order valence-electron chi connectivity index (χ2n) is 4.35. The van der Waals surface area contributed by atoms with E-state index in [9.17, 15) is 8.42 Å². The maximum Gasteiger partial charge on any atom is 0.150 e. The first-order valence-electron chi connectivity index (χ1n) is 6.13. The average Bonchev–Trinajstić information content (AvgIpc) is 2.30. The highest BCUT2D eigenvalue weighted by Gasteiger charge is 2.13. The summed E-state index contributed by atoms with van der Waals surface area (Å²) in [7, 11) is -2.78. The minimum atomic E-state index is -2.78. The van der Waals surface area contributed by atoms with Crippen molar-refractivity contribution in [1.82, 2.24) is 5.32 Å². The fraction of sp³-hybridized carbons (Fsp3) is 1.00. The van der Waals surface area contributed by atoms with Gasteiger partial charge < -0.3 is 10.1 Å². The molecule has 0 atom stereocenters. The Bertz CT molecular complexity index is 271. The van der Waals surface area contributed by atoms with Crippen LogP contribution in [0.15, 0.2) is 0 Å². The first-order chi connectivity index (χ1) is 7.64. The number of sulfone groups is 1. The molecule has 0 saturated carbocycles. The molecule has 0 amide bonds.